The molecule has 1 aromatic rings. The average molecular weight is 234 g/mol. The third-order valence-corrected chi connectivity index (χ3v) is 2.32. The molecule has 0 saturated carbocycles. The second-order valence-electron chi connectivity index (χ2n) is 3.87. The van der Waals surface area contributed by atoms with Crippen LogP contribution in [-0.2, 0) is 0 Å². The van der Waals surface area contributed by atoms with Gasteiger partial charge in [-0.3, -0.25) is 4.79 Å². The number of rotatable bonds is 5. The predicted molar refractivity (Wildman–Crippen MR) is 67.2 cm³/mol. The summed E-state index contributed by atoms with van der Waals surface area (Å²) in [6.07, 6.45) is 1.53. The third kappa shape index (κ3) is 3.59. The summed E-state index contributed by atoms with van der Waals surface area (Å²) in [6.45, 7) is 8.89. The molecule has 0 saturated heterocycles. The van der Waals surface area contributed by atoms with E-state index in [2.05, 4.69) is 11.6 Å². The lowest BCUT2D eigenvalue weighted by atomic mass is 10.2. The topological polar surface area (TPSA) is 42.4 Å². The second-order valence-corrected chi connectivity index (χ2v) is 3.87. The first-order chi connectivity index (χ1) is 8.08. The van der Waals surface area contributed by atoms with Crippen LogP contribution in [0.25, 0.3) is 0 Å². The van der Waals surface area contributed by atoms with Crippen LogP contribution in [0.1, 0.15) is 24.2 Å². The maximum Gasteiger partial charge on any atom is 0.255 e. The zero-order valence-corrected chi connectivity index (χ0v) is 10.6. The largest absolute Gasteiger partial charge is 0.481 e. The van der Waals surface area contributed by atoms with E-state index >= 15 is 0 Å². The fourth-order valence-corrected chi connectivity index (χ4v) is 1.46. The number of likely N-dealkylation sites (N-methyl/N-ethyl adjacent to an activating group) is 1. The zero-order chi connectivity index (χ0) is 12.8. The first kappa shape index (κ1) is 13.2. The Hall–Kier alpha value is -1.84. The number of methoxy groups -OCH3 is 1. The monoisotopic (exact) mass is 234 g/mol. The Morgan fingerprint density at radius 1 is 1.53 bits per heavy atom. The minimum absolute atomic E-state index is 0.0364. The fourth-order valence-electron chi connectivity index (χ4n) is 1.46. The van der Waals surface area contributed by atoms with Gasteiger partial charge in [-0.2, -0.15) is 0 Å². The number of hydrogen-bond acceptors (Lipinski definition) is 3. The van der Waals surface area contributed by atoms with Crippen LogP contribution in [0.3, 0.4) is 0 Å². The van der Waals surface area contributed by atoms with E-state index in [4.69, 9.17) is 4.74 Å². The number of amides is 1. The van der Waals surface area contributed by atoms with Gasteiger partial charge in [0.1, 0.15) is 0 Å². The maximum absolute atomic E-state index is 12.1. The van der Waals surface area contributed by atoms with Gasteiger partial charge in [-0.15, -0.1) is 0 Å². The fraction of sp³-hybridized carbons (Fsp3) is 0.385. The third-order valence-electron chi connectivity index (χ3n) is 2.32. The second kappa shape index (κ2) is 6.03. The van der Waals surface area contributed by atoms with Crippen molar-refractivity contribution in [3.05, 3.63) is 36.0 Å². The number of aromatic nitrogens is 1. The SMILES string of the molecule is C=C(C)CN(CC)C(=O)c1ccc(OC)nc1. The highest BCUT2D eigenvalue weighted by Crippen LogP contribution is 2.10. The van der Waals surface area contributed by atoms with E-state index in [1.807, 2.05) is 13.8 Å². The molecule has 4 heteroatoms. The lowest BCUT2D eigenvalue weighted by Gasteiger charge is -2.20. The molecule has 0 bridgehead atoms. The van der Waals surface area contributed by atoms with E-state index in [-0.39, 0.29) is 5.91 Å². The van der Waals surface area contributed by atoms with Crippen molar-refractivity contribution < 1.29 is 9.53 Å². The molecule has 0 N–H and O–H groups in total. The molecule has 0 atom stereocenters. The molecule has 0 spiro atoms. The van der Waals surface area contributed by atoms with Gasteiger partial charge in [0.15, 0.2) is 0 Å². The molecule has 0 aromatic carbocycles. The quantitative estimate of drug-likeness (QED) is 0.733. The smallest absolute Gasteiger partial charge is 0.255 e. The molecule has 1 rings (SSSR count). The van der Waals surface area contributed by atoms with E-state index in [9.17, 15) is 4.79 Å². The lowest BCUT2D eigenvalue weighted by molar-refractivity contribution is 0.0778. The van der Waals surface area contributed by atoms with Crippen LogP contribution < -0.4 is 4.74 Å². The van der Waals surface area contributed by atoms with Crippen LogP contribution in [0.15, 0.2) is 30.5 Å². The van der Waals surface area contributed by atoms with Gasteiger partial charge in [0.05, 0.1) is 12.7 Å². The molecule has 0 aliphatic rings. The maximum atomic E-state index is 12.1. The van der Waals surface area contributed by atoms with Crippen LogP contribution in [0.4, 0.5) is 0 Å². The van der Waals surface area contributed by atoms with Crippen molar-refractivity contribution in [2.75, 3.05) is 20.2 Å². The number of nitrogens with zero attached hydrogens (tertiary/aromatic N) is 2. The van der Waals surface area contributed by atoms with E-state index in [0.717, 1.165) is 5.57 Å². The van der Waals surface area contributed by atoms with Crippen molar-refractivity contribution in [1.82, 2.24) is 9.88 Å². The summed E-state index contributed by atoms with van der Waals surface area (Å²) in [5.41, 5.74) is 1.52. The zero-order valence-electron chi connectivity index (χ0n) is 10.6. The number of pyridine rings is 1. The molecule has 17 heavy (non-hydrogen) atoms. The molecule has 92 valence electrons. The van der Waals surface area contributed by atoms with Crippen molar-refractivity contribution in [2.45, 2.75) is 13.8 Å². The Morgan fingerprint density at radius 3 is 2.65 bits per heavy atom. The van der Waals surface area contributed by atoms with Gasteiger partial charge < -0.3 is 9.64 Å². The molecule has 0 unspecified atom stereocenters. The van der Waals surface area contributed by atoms with Crippen molar-refractivity contribution in [3.63, 3.8) is 0 Å². The number of ether oxygens (including phenoxy) is 1. The standard InChI is InChI=1S/C13H18N2O2/c1-5-15(9-10(2)3)13(16)11-6-7-12(17-4)14-8-11/h6-8H,2,5,9H2,1,3-4H3. The predicted octanol–water partition coefficient (Wildman–Crippen LogP) is 2.13. The Labute approximate surface area is 102 Å². The van der Waals surface area contributed by atoms with Crippen molar-refractivity contribution >= 4 is 5.91 Å². The summed E-state index contributed by atoms with van der Waals surface area (Å²) in [5, 5.41) is 0. The van der Waals surface area contributed by atoms with Gasteiger partial charge in [0.25, 0.3) is 5.91 Å². The first-order valence-corrected chi connectivity index (χ1v) is 5.52. The average Bonchev–Trinajstić information content (AvgIpc) is 2.35. The summed E-state index contributed by atoms with van der Waals surface area (Å²) in [7, 11) is 1.54. The number of carbonyl (C=O) groups excluding carboxylic acids is 1. The van der Waals surface area contributed by atoms with Crippen LogP contribution in [0.5, 0.6) is 5.88 Å². The molecule has 4 nitrogen and oxygen atoms in total. The van der Waals surface area contributed by atoms with E-state index in [1.54, 1.807) is 24.1 Å². The Kier molecular flexibility index (Phi) is 4.69. The summed E-state index contributed by atoms with van der Waals surface area (Å²) in [4.78, 5) is 17.9. The molecule has 1 heterocycles. The van der Waals surface area contributed by atoms with Crippen molar-refractivity contribution in [3.8, 4) is 5.88 Å². The van der Waals surface area contributed by atoms with Crippen LogP contribution >= 0.6 is 0 Å². The summed E-state index contributed by atoms with van der Waals surface area (Å²) in [5.74, 6) is 0.468. The molecule has 1 amide bonds. The van der Waals surface area contributed by atoms with Crippen molar-refractivity contribution in [2.24, 2.45) is 0 Å². The highest BCUT2D eigenvalue weighted by atomic mass is 16.5. The van der Waals surface area contributed by atoms with Crippen LogP contribution in [0.2, 0.25) is 0 Å². The Balaban J connectivity index is 2.82. The molecule has 0 radical (unpaired) electrons. The summed E-state index contributed by atoms with van der Waals surface area (Å²) in [6, 6.07) is 3.40. The molecule has 0 aliphatic carbocycles. The van der Waals surface area contributed by atoms with Gasteiger partial charge in [0.2, 0.25) is 5.88 Å². The highest BCUT2D eigenvalue weighted by molar-refractivity contribution is 5.94. The normalized spacial score (nSPS) is 9.82. The molecule has 1 aromatic heterocycles. The van der Waals surface area contributed by atoms with E-state index < -0.39 is 0 Å². The van der Waals surface area contributed by atoms with E-state index in [1.165, 1.54) is 6.20 Å². The minimum Gasteiger partial charge on any atom is -0.481 e. The van der Waals surface area contributed by atoms with Crippen LogP contribution in [0, 0.1) is 0 Å². The van der Waals surface area contributed by atoms with Gasteiger partial charge in [0, 0.05) is 25.4 Å². The Bertz CT molecular complexity index is 398. The minimum atomic E-state index is -0.0364. The van der Waals surface area contributed by atoms with Gasteiger partial charge in [-0.05, 0) is 19.9 Å². The Morgan fingerprint density at radius 2 is 2.24 bits per heavy atom. The summed E-state index contributed by atoms with van der Waals surface area (Å²) < 4.78 is 4.95. The molecular weight excluding hydrogens is 216 g/mol. The molecular formula is C13H18N2O2. The lowest BCUT2D eigenvalue weighted by Crippen LogP contribution is -2.32. The summed E-state index contributed by atoms with van der Waals surface area (Å²) >= 11 is 0. The number of hydrogen-bond donors (Lipinski definition) is 0. The number of carbonyl (C=O) groups is 1. The molecule has 0 aliphatic heterocycles. The molecule has 0 fully saturated rings. The first-order valence-electron chi connectivity index (χ1n) is 5.52. The van der Waals surface area contributed by atoms with Gasteiger partial charge in [-0.1, -0.05) is 12.2 Å². The van der Waals surface area contributed by atoms with Crippen molar-refractivity contribution in [1.29, 1.82) is 0 Å². The van der Waals surface area contributed by atoms with E-state index in [0.29, 0.717) is 24.5 Å². The van der Waals surface area contributed by atoms with Gasteiger partial charge in [-0.25, -0.2) is 4.98 Å². The highest BCUT2D eigenvalue weighted by Gasteiger charge is 2.14. The van der Waals surface area contributed by atoms with Gasteiger partial charge >= 0.3 is 0 Å². The van der Waals surface area contributed by atoms with Crippen LogP contribution in [-0.4, -0.2) is 36.0 Å².